The van der Waals surface area contributed by atoms with Crippen LogP contribution in [0.4, 0.5) is 4.79 Å². The van der Waals surface area contributed by atoms with E-state index in [0.29, 0.717) is 25.9 Å². The van der Waals surface area contributed by atoms with Gasteiger partial charge in [-0.3, -0.25) is 9.59 Å². The minimum atomic E-state index is -0.603. The lowest BCUT2D eigenvalue weighted by atomic mass is 10.0. The molecule has 1 aliphatic rings. The van der Waals surface area contributed by atoms with Gasteiger partial charge in [-0.1, -0.05) is 29.8 Å². The molecule has 1 saturated heterocycles. The van der Waals surface area contributed by atoms with Gasteiger partial charge in [-0.25, -0.2) is 4.79 Å². The van der Waals surface area contributed by atoms with Crippen molar-refractivity contribution < 1.29 is 19.1 Å². The highest BCUT2D eigenvalue weighted by Gasteiger charge is 2.24. The second-order valence-electron chi connectivity index (χ2n) is 8.27. The summed E-state index contributed by atoms with van der Waals surface area (Å²) in [4.78, 5) is 37.7. The number of nitrogens with zero attached hydrogens (tertiary/aromatic N) is 1. The number of piperidine rings is 1. The van der Waals surface area contributed by atoms with E-state index in [0.717, 1.165) is 11.1 Å². The summed E-state index contributed by atoms with van der Waals surface area (Å²) >= 11 is 0. The zero-order chi connectivity index (χ0) is 21.4. The molecule has 29 heavy (non-hydrogen) atoms. The van der Waals surface area contributed by atoms with Crippen molar-refractivity contribution in [2.24, 2.45) is 0 Å². The Labute approximate surface area is 172 Å². The van der Waals surface area contributed by atoms with Gasteiger partial charge < -0.3 is 20.3 Å². The number of carbonyl (C=O) groups excluding carboxylic acids is 3. The highest BCUT2D eigenvalue weighted by atomic mass is 16.6. The molecule has 0 unspecified atom stereocenters. The molecule has 1 aromatic carbocycles. The quantitative estimate of drug-likeness (QED) is 0.743. The van der Waals surface area contributed by atoms with Gasteiger partial charge in [0.25, 0.3) is 0 Å². The molecule has 7 heteroatoms. The molecule has 7 nitrogen and oxygen atoms in total. The fourth-order valence-electron chi connectivity index (χ4n) is 3.04. The van der Waals surface area contributed by atoms with Gasteiger partial charge in [-0.05, 0) is 52.2 Å². The molecule has 2 N–H and O–H groups in total. The van der Waals surface area contributed by atoms with Gasteiger partial charge in [0.05, 0.1) is 0 Å². The molecule has 0 atom stereocenters. The summed E-state index contributed by atoms with van der Waals surface area (Å²) in [6.45, 7) is 8.31. The zero-order valence-corrected chi connectivity index (χ0v) is 17.7. The SMILES string of the molecule is Cc1cccc(/C=C/C(=O)NC2CCN(C(=O)CNC(=O)OC(C)(C)C)CC2)c1. The van der Waals surface area contributed by atoms with E-state index in [1.165, 1.54) is 6.08 Å². The molecule has 0 bridgehead atoms. The average molecular weight is 402 g/mol. The first-order valence-electron chi connectivity index (χ1n) is 9.92. The van der Waals surface area contributed by atoms with Gasteiger partial charge in [-0.15, -0.1) is 0 Å². The van der Waals surface area contributed by atoms with Crippen molar-refractivity contribution >= 4 is 24.0 Å². The Bertz CT molecular complexity index is 760. The first-order chi connectivity index (χ1) is 13.6. The maximum atomic E-state index is 12.2. The molecule has 158 valence electrons. The lowest BCUT2D eigenvalue weighted by Gasteiger charge is -2.32. The number of nitrogens with one attached hydrogen (secondary N) is 2. The van der Waals surface area contributed by atoms with Crippen LogP contribution in [0.25, 0.3) is 6.08 Å². The Morgan fingerprint density at radius 1 is 1.21 bits per heavy atom. The number of benzene rings is 1. The Balaban J connectivity index is 1.71. The predicted octanol–water partition coefficient (Wildman–Crippen LogP) is 2.64. The number of amides is 3. The minimum Gasteiger partial charge on any atom is -0.444 e. The van der Waals surface area contributed by atoms with Gasteiger partial charge in [0.15, 0.2) is 0 Å². The molecule has 1 aromatic rings. The molecule has 1 heterocycles. The first-order valence-corrected chi connectivity index (χ1v) is 9.92. The van der Waals surface area contributed by atoms with Crippen LogP contribution >= 0.6 is 0 Å². The maximum absolute atomic E-state index is 12.2. The number of aryl methyl sites for hydroxylation is 1. The predicted molar refractivity (Wildman–Crippen MR) is 112 cm³/mol. The average Bonchev–Trinajstić information content (AvgIpc) is 2.64. The van der Waals surface area contributed by atoms with E-state index in [-0.39, 0.29) is 24.4 Å². The van der Waals surface area contributed by atoms with E-state index in [2.05, 4.69) is 10.6 Å². The lowest BCUT2D eigenvalue weighted by molar-refractivity contribution is -0.131. The van der Waals surface area contributed by atoms with E-state index >= 15 is 0 Å². The summed E-state index contributed by atoms with van der Waals surface area (Å²) < 4.78 is 5.12. The first kappa shape index (κ1) is 22.5. The van der Waals surface area contributed by atoms with Gasteiger partial charge in [0, 0.05) is 25.2 Å². The summed E-state index contributed by atoms with van der Waals surface area (Å²) in [5.74, 6) is -0.289. The molecule has 0 aliphatic carbocycles. The Kier molecular flexibility index (Phi) is 7.82. The summed E-state index contributed by atoms with van der Waals surface area (Å²) in [5.41, 5.74) is 1.53. The van der Waals surface area contributed by atoms with Gasteiger partial charge in [0.2, 0.25) is 11.8 Å². The number of carbonyl (C=O) groups is 3. The highest BCUT2D eigenvalue weighted by Crippen LogP contribution is 2.11. The van der Waals surface area contributed by atoms with Gasteiger partial charge >= 0.3 is 6.09 Å². The standard InChI is InChI=1S/C22H31N3O4/c1-16-6-5-7-17(14-16)8-9-19(26)24-18-10-12-25(13-11-18)20(27)15-23-21(28)29-22(2,3)4/h5-9,14,18H,10-13,15H2,1-4H3,(H,23,28)(H,24,26)/b9-8+. The molecule has 0 aromatic heterocycles. The fourth-order valence-corrected chi connectivity index (χ4v) is 3.04. The summed E-state index contributed by atoms with van der Waals surface area (Å²) in [5, 5.41) is 5.47. The second-order valence-corrected chi connectivity index (χ2v) is 8.27. The van der Waals surface area contributed by atoms with Crippen LogP contribution in [0.3, 0.4) is 0 Å². The van der Waals surface area contributed by atoms with Crippen molar-refractivity contribution in [1.29, 1.82) is 0 Å². The van der Waals surface area contributed by atoms with Crippen LogP contribution in [0.5, 0.6) is 0 Å². The van der Waals surface area contributed by atoms with Crippen molar-refractivity contribution in [1.82, 2.24) is 15.5 Å². The molecule has 0 radical (unpaired) electrons. The Morgan fingerprint density at radius 3 is 2.52 bits per heavy atom. The van der Waals surface area contributed by atoms with Crippen LogP contribution in [0, 0.1) is 6.92 Å². The number of ether oxygens (including phenoxy) is 1. The van der Waals surface area contributed by atoms with Crippen LogP contribution in [0.2, 0.25) is 0 Å². The maximum Gasteiger partial charge on any atom is 0.408 e. The van der Waals surface area contributed by atoms with E-state index in [9.17, 15) is 14.4 Å². The minimum absolute atomic E-state index is 0.0347. The largest absolute Gasteiger partial charge is 0.444 e. The molecule has 2 rings (SSSR count). The lowest BCUT2D eigenvalue weighted by Crippen LogP contribution is -2.49. The van der Waals surface area contributed by atoms with Crippen molar-refractivity contribution in [3.8, 4) is 0 Å². The van der Waals surface area contributed by atoms with Gasteiger partial charge in [0.1, 0.15) is 12.1 Å². The summed E-state index contributed by atoms with van der Waals surface area (Å²) in [6.07, 6.45) is 4.10. The Hall–Kier alpha value is -2.83. The van der Waals surface area contributed by atoms with Crippen LogP contribution in [0.1, 0.15) is 44.7 Å². The summed E-state index contributed by atoms with van der Waals surface area (Å²) in [7, 11) is 0. The third-order valence-electron chi connectivity index (χ3n) is 4.45. The molecule has 0 saturated carbocycles. The summed E-state index contributed by atoms with van der Waals surface area (Å²) in [6, 6.07) is 7.96. The van der Waals surface area contributed by atoms with E-state index < -0.39 is 11.7 Å². The molecule has 1 aliphatic heterocycles. The van der Waals surface area contributed by atoms with E-state index in [1.54, 1.807) is 31.7 Å². The van der Waals surface area contributed by atoms with Crippen LogP contribution in [-0.4, -0.2) is 54.1 Å². The normalized spacial score (nSPS) is 15.2. The topological polar surface area (TPSA) is 87.7 Å². The smallest absolute Gasteiger partial charge is 0.408 e. The number of rotatable bonds is 5. The second kappa shape index (κ2) is 10.1. The van der Waals surface area contributed by atoms with E-state index in [4.69, 9.17) is 4.74 Å². The highest BCUT2D eigenvalue weighted by molar-refractivity contribution is 5.92. The van der Waals surface area contributed by atoms with Crippen molar-refractivity contribution in [3.63, 3.8) is 0 Å². The molecule has 1 fully saturated rings. The van der Waals surface area contributed by atoms with Crippen LogP contribution < -0.4 is 10.6 Å². The third-order valence-corrected chi connectivity index (χ3v) is 4.45. The number of hydrogen-bond acceptors (Lipinski definition) is 4. The molecular formula is C22H31N3O4. The van der Waals surface area contributed by atoms with Crippen LogP contribution in [0.15, 0.2) is 30.3 Å². The van der Waals surface area contributed by atoms with Crippen molar-refractivity contribution in [2.45, 2.75) is 52.2 Å². The number of alkyl carbamates (subject to hydrolysis) is 1. The van der Waals surface area contributed by atoms with Crippen LogP contribution in [-0.2, 0) is 14.3 Å². The number of hydrogen-bond donors (Lipinski definition) is 2. The third kappa shape index (κ3) is 8.37. The fraction of sp³-hybridized carbons (Fsp3) is 0.500. The monoisotopic (exact) mass is 401 g/mol. The number of likely N-dealkylation sites (tertiary alicyclic amines) is 1. The van der Waals surface area contributed by atoms with Gasteiger partial charge in [-0.2, -0.15) is 0 Å². The van der Waals surface area contributed by atoms with Crippen molar-refractivity contribution in [3.05, 3.63) is 41.5 Å². The Morgan fingerprint density at radius 2 is 1.90 bits per heavy atom. The zero-order valence-electron chi connectivity index (χ0n) is 17.7. The van der Waals surface area contributed by atoms with E-state index in [1.807, 2.05) is 31.2 Å². The molecule has 3 amide bonds. The molecule has 0 spiro atoms. The van der Waals surface area contributed by atoms with Crippen molar-refractivity contribution in [2.75, 3.05) is 19.6 Å². The molecular weight excluding hydrogens is 370 g/mol.